The van der Waals surface area contributed by atoms with E-state index in [-0.39, 0.29) is 17.7 Å². The number of aromatic hydroxyl groups is 1. The van der Waals surface area contributed by atoms with E-state index in [0.717, 1.165) is 49.7 Å². The molecule has 1 aromatic heterocycles. The van der Waals surface area contributed by atoms with Crippen molar-refractivity contribution in [2.24, 2.45) is 0 Å². The number of hydrogen-bond acceptors (Lipinski definition) is 4. The van der Waals surface area contributed by atoms with Crippen molar-refractivity contribution in [2.45, 2.75) is 38.1 Å². The zero-order chi connectivity index (χ0) is 18.6. The third kappa shape index (κ3) is 3.92. The Morgan fingerprint density at radius 3 is 2.63 bits per heavy atom. The second kappa shape index (κ2) is 7.74. The smallest absolute Gasteiger partial charge is 0.254 e. The number of carbonyl (C=O) groups excluding carboxylic acids is 1. The third-order valence-corrected chi connectivity index (χ3v) is 5.31. The zero-order valence-electron chi connectivity index (χ0n) is 15.2. The topological polar surface area (TPSA) is 66.3 Å². The second-order valence-corrected chi connectivity index (χ2v) is 7.11. The predicted octanol–water partition coefficient (Wildman–Crippen LogP) is 3.96. The van der Waals surface area contributed by atoms with E-state index in [0.29, 0.717) is 5.56 Å². The van der Waals surface area contributed by atoms with E-state index < -0.39 is 0 Å². The lowest BCUT2D eigenvalue weighted by Crippen LogP contribution is -2.44. The fraction of sp³-hybridized carbons (Fsp3) is 0.318. The molecule has 5 nitrogen and oxygen atoms in total. The minimum atomic E-state index is 0.0814. The third-order valence-electron chi connectivity index (χ3n) is 5.31. The number of fused-ring (bicyclic) bond motifs is 1. The predicted molar refractivity (Wildman–Crippen MR) is 105 cm³/mol. The van der Waals surface area contributed by atoms with E-state index >= 15 is 0 Å². The summed E-state index contributed by atoms with van der Waals surface area (Å²) in [6, 6.07) is 13.1. The summed E-state index contributed by atoms with van der Waals surface area (Å²) >= 11 is 0. The first-order valence-electron chi connectivity index (χ1n) is 9.50. The van der Waals surface area contributed by atoms with Crippen molar-refractivity contribution in [3.8, 4) is 5.75 Å². The van der Waals surface area contributed by atoms with Gasteiger partial charge in [-0.3, -0.25) is 14.8 Å². The highest BCUT2D eigenvalue weighted by atomic mass is 16.3. The van der Waals surface area contributed by atoms with Crippen molar-refractivity contribution >= 4 is 16.9 Å². The number of likely N-dealkylation sites (tertiary alicyclic amines) is 1. The molecule has 2 heterocycles. The molecule has 0 aliphatic carbocycles. The summed E-state index contributed by atoms with van der Waals surface area (Å²) in [5.41, 5.74) is 3.42. The van der Waals surface area contributed by atoms with Gasteiger partial charge in [-0.1, -0.05) is 12.1 Å². The number of hydrogen-bond donors (Lipinski definition) is 1. The van der Waals surface area contributed by atoms with Crippen LogP contribution in [0.5, 0.6) is 5.75 Å². The molecule has 0 radical (unpaired) electrons. The normalized spacial score (nSPS) is 17.2. The summed E-state index contributed by atoms with van der Waals surface area (Å²) in [5.74, 6) is 0.366. The van der Waals surface area contributed by atoms with Gasteiger partial charge in [0.05, 0.1) is 11.0 Å². The maximum Gasteiger partial charge on any atom is 0.254 e. The molecule has 1 fully saturated rings. The van der Waals surface area contributed by atoms with Gasteiger partial charge >= 0.3 is 0 Å². The number of phenols is 1. The number of carbonyl (C=O) groups is 1. The van der Waals surface area contributed by atoms with Crippen LogP contribution in [0.25, 0.3) is 11.0 Å². The van der Waals surface area contributed by atoms with Crippen LogP contribution in [0.3, 0.4) is 0 Å². The van der Waals surface area contributed by atoms with Crippen LogP contribution in [0.15, 0.2) is 54.9 Å². The number of aromatic nitrogens is 2. The van der Waals surface area contributed by atoms with Gasteiger partial charge in [0.25, 0.3) is 5.91 Å². The van der Waals surface area contributed by atoms with Gasteiger partial charge in [0, 0.05) is 30.5 Å². The van der Waals surface area contributed by atoms with Gasteiger partial charge in [0.15, 0.2) is 0 Å². The first-order valence-corrected chi connectivity index (χ1v) is 9.50. The molecule has 27 heavy (non-hydrogen) atoms. The number of nitrogens with zero attached hydrogens (tertiary/aromatic N) is 3. The maximum atomic E-state index is 13.2. The summed E-state index contributed by atoms with van der Waals surface area (Å²) in [5, 5.41) is 9.43. The quantitative estimate of drug-likeness (QED) is 0.764. The molecule has 0 saturated carbocycles. The van der Waals surface area contributed by atoms with Gasteiger partial charge in [-0.15, -0.1) is 0 Å². The summed E-state index contributed by atoms with van der Waals surface area (Å²) < 4.78 is 0. The highest BCUT2D eigenvalue weighted by Crippen LogP contribution is 2.24. The van der Waals surface area contributed by atoms with E-state index in [4.69, 9.17) is 0 Å². The molecule has 1 atom stereocenters. The monoisotopic (exact) mass is 361 g/mol. The van der Waals surface area contributed by atoms with Crippen molar-refractivity contribution < 1.29 is 9.90 Å². The van der Waals surface area contributed by atoms with Gasteiger partial charge < -0.3 is 10.0 Å². The number of rotatable bonds is 4. The Bertz CT molecular complexity index is 940. The molecule has 4 rings (SSSR count). The summed E-state index contributed by atoms with van der Waals surface area (Å²) in [4.78, 5) is 23.8. The lowest BCUT2D eigenvalue weighted by Gasteiger charge is -2.36. The van der Waals surface area contributed by atoms with Crippen LogP contribution in [0.2, 0.25) is 0 Å². The molecule has 0 bridgehead atoms. The van der Waals surface area contributed by atoms with E-state index in [1.807, 2.05) is 35.2 Å². The molecule has 5 heteroatoms. The Morgan fingerprint density at radius 1 is 1.04 bits per heavy atom. The van der Waals surface area contributed by atoms with Crippen LogP contribution in [0.1, 0.15) is 41.6 Å². The number of phenolic OH excluding ortho intramolecular Hbond substituents is 1. The lowest BCUT2D eigenvalue weighted by molar-refractivity contribution is 0.0602. The Kier molecular flexibility index (Phi) is 5.01. The number of piperidine rings is 1. The molecule has 138 valence electrons. The van der Waals surface area contributed by atoms with Gasteiger partial charge in [-0.05, 0) is 68.0 Å². The summed E-state index contributed by atoms with van der Waals surface area (Å²) in [7, 11) is 0. The van der Waals surface area contributed by atoms with Crippen LogP contribution in [0, 0.1) is 0 Å². The highest BCUT2D eigenvalue weighted by molar-refractivity contribution is 5.97. The van der Waals surface area contributed by atoms with Crippen LogP contribution >= 0.6 is 0 Å². The van der Waals surface area contributed by atoms with E-state index in [1.165, 1.54) is 5.56 Å². The van der Waals surface area contributed by atoms with E-state index in [1.54, 1.807) is 24.5 Å². The number of aryl methyl sites for hydroxylation is 1. The van der Waals surface area contributed by atoms with Crippen molar-refractivity contribution in [3.63, 3.8) is 0 Å². The highest BCUT2D eigenvalue weighted by Gasteiger charge is 2.27. The van der Waals surface area contributed by atoms with E-state index in [9.17, 15) is 9.90 Å². The average Bonchev–Trinajstić information content (AvgIpc) is 2.73. The molecule has 0 spiro atoms. The molecule has 3 aromatic rings. The average molecular weight is 361 g/mol. The fourth-order valence-corrected chi connectivity index (χ4v) is 3.83. The zero-order valence-corrected chi connectivity index (χ0v) is 15.2. The van der Waals surface area contributed by atoms with E-state index in [2.05, 4.69) is 9.97 Å². The molecule has 1 N–H and O–H groups in total. The Balaban J connectivity index is 1.50. The van der Waals surface area contributed by atoms with Crippen molar-refractivity contribution in [2.75, 3.05) is 6.54 Å². The number of amides is 1. The molecule has 1 aliphatic rings. The van der Waals surface area contributed by atoms with Crippen LogP contribution in [-0.4, -0.2) is 38.5 Å². The molecule has 1 saturated heterocycles. The van der Waals surface area contributed by atoms with Crippen LogP contribution in [0.4, 0.5) is 0 Å². The van der Waals surface area contributed by atoms with Gasteiger partial charge in [-0.25, -0.2) is 0 Å². The molecular formula is C22H23N3O2. The molecule has 2 aromatic carbocycles. The van der Waals surface area contributed by atoms with Crippen LogP contribution in [-0.2, 0) is 6.42 Å². The molecule has 0 unspecified atom stereocenters. The molecule has 1 amide bonds. The fourth-order valence-electron chi connectivity index (χ4n) is 3.83. The largest absolute Gasteiger partial charge is 0.508 e. The standard InChI is InChI=1S/C22H23N3O2/c26-19-9-5-16(6-10-19)4-8-18-3-1-2-14-25(18)22(27)17-7-11-20-21(15-17)24-13-12-23-20/h5-7,9-13,15,18,26H,1-4,8,14H2/t18-/m0/s1. The summed E-state index contributed by atoms with van der Waals surface area (Å²) in [6.07, 6.45) is 8.40. The second-order valence-electron chi connectivity index (χ2n) is 7.11. The SMILES string of the molecule is O=C(c1ccc2nccnc2c1)N1CCCC[C@H]1CCc1ccc(O)cc1. The van der Waals surface area contributed by atoms with Crippen molar-refractivity contribution in [1.82, 2.24) is 14.9 Å². The van der Waals surface area contributed by atoms with Crippen molar-refractivity contribution in [3.05, 3.63) is 66.0 Å². The van der Waals surface area contributed by atoms with Gasteiger partial charge in [0.2, 0.25) is 0 Å². The Hall–Kier alpha value is -2.95. The minimum Gasteiger partial charge on any atom is -0.508 e. The first kappa shape index (κ1) is 17.5. The molecular weight excluding hydrogens is 338 g/mol. The van der Waals surface area contributed by atoms with Gasteiger partial charge in [-0.2, -0.15) is 0 Å². The minimum absolute atomic E-state index is 0.0814. The van der Waals surface area contributed by atoms with Crippen molar-refractivity contribution in [1.29, 1.82) is 0 Å². The lowest BCUT2D eigenvalue weighted by atomic mass is 9.95. The maximum absolute atomic E-state index is 13.2. The first-order chi connectivity index (χ1) is 13.2. The van der Waals surface area contributed by atoms with Crippen LogP contribution < -0.4 is 0 Å². The summed E-state index contributed by atoms with van der Waals surface area (Å²) in [6.45, 7) is 0.803. The molecule has 1 aliphatic heterocycles. The van der Waals surface area contributed by atoms with Gasteiger partial charge in [0.1, 0.15) is 5.75 Å². The number of benzene rings is 2. The Morgan fingerprint density at radius 2 is 1.81 bits per heavy atom. The Labute approximate surface area is 158 Å².